The van der Waals surface area contributed by atoms with Gasteiger partial charge in [-0.1, -0.05) is 81.9 Å². The van der Waals surface area contributed by atoms with E-state index < -0.39 is 0 Å². The molecule has 122 valence electrons. The van der Waals surface area contributed by atoms with Crippen LogP contribution in [0.1, 0.15) is 37.5 Å². The van der Waals surface area contributed by atoms with Crippen LogP contribution in [-0.2, 0) is 10.2 Å². The smallest absolute Gasteiger partial charge is 0.136 e. The molecule has 0 fully saturated rings. The van der Waals surface area contributed by atoms with E-state index in [4.69, 9.17) is 4.74 Å². The first-order valence-corrected chi connectivity index (χ1v) is 8.21. The average Bonchev–Trinajstić information content (AvgIpc) is 2.77. The largest absolute Gasteiger partial charge is 0.460 e. The zero-order chi connectivity index (χ0) is 17.2. The van der Waals surface area contributed by atoms with E-state index in [1.807, 2.05) is 24.3 Å². The van der Waals surface area contributed by atoms with Gasteiger partial charge in [-0.3, -0.25) is 4.99 Å². The third-order valence-electron chi connectivity index (χ3n) is 4.05. The van der Waals surface area contributed by atoms with Crippen molar-refractivity contribution in [1.82, 2.24) is 0 Å². The van der Waals surface area contributed by atoms with E-state index in [0.717, 1.165) is 22.6 Å². The van der Waals surface area contributed by atoms with Gasteiger partial charge in [-0.05, 0) is 16.5 Å². The standard InChI is InChI=1S/C22H23NO/c1-16-15-23-20(17-8-6-5-7-9-17)14-21(24-16)18-10-12-19(13-11-18)22(2,3)4/h5-14H,1,15H2,2-4H3. The lowest BCUT2D eigenvalue weighted by Gasteiger charge is -2.19. The van der Waals surface area contributed by atoms with Crippen molar-refractivity contribution in [3.63, 3.8) is 0 Å². The Morgan fingerprint density at radius 3 is 2.21 bits per heavy atom. The van der Waals surface area contributed by atoms with Crippen molar-refractivity contribution in [3.05, 3.63) is 89.7 Å². The Hall–Kier alpha value is -2.61. The first kappa shape index (κ1) is 16.3. The van der Waals surface area contributed by atoms with Gasteiger partial charge in [0.1, 0.15) is 11.5 Å². The van der Waals surface area contributed by atoms with Crippen molar-refractivity contribution in [2.45, 2.75) is 26.2 Å². The van der Waals surface area contributed by atoms with Gasteiger partial charge in [0, 0.05) is 11.6 Å². The minimum Gasteiger partial charge on any atom is -0.460 e. The van der Waals surface area contributed by atoms with Crippen LogP contribution in [0.5, 0.6) is 0 Å². The van der Waals surface area contributed by atoms with E-state index in [1.165, 1.54) is 5.56 Å². The van der Waals surface area contributed by atoms with Crippen molar-refractivity contribution >= 4 is 11.5 Å². The summed E-state index contributed by atoms with van der Waals surface area (Å²) >= 11 is 0. The molecule has 24 heavy (non-hydrogen) atoms. The van der Waals surface area contributed by atoms with Gasteiger partial charge in [-0.15, -0.1) is 0 Å². The maximum absolute atomic E-state index is 5.93. The average molecular weight is 317 g/mol. The van der Waals surface area contributed by atoms with Crippen molar-refractivity contribution < 1.29 is 4.74 Å². The second kappa shape index (κ2) is 6.48. The van der Waals surface area contributed by atoms with Gasteiger partial charge < -0.3 is 4.74 Å². The molecule has 1 aliphatic heterocycles. The van der Waals surface area contributed by atoms with Crippen molar-refractivity contribution in [2.24, 2.45) is 4.99 Å². The Morgan fingerprint density at radius 1 is 0.917 bits per heavy atom. The van der Waals surface area contributed by atoms with Crippen LogP contribution in [-0.4, -0.2) is 12.3 Å². The molecule has 3 rings (SSSR count). The van der Waals surface area contributed by atoms with E-state index >= 15 is 0 Å². The molecule has 2 nitrogen and oxygen atoms in total. The molecule has 0 atom stereocenters. The van der Waals surface area contributed by atoms with E-state index in [-0.39, 0.29) is 5.41 Å². The molecule has 0 saturated carbocycles. The summed E-state index contributed by atoms with van der Waals surface area (Å²) in [7, 11) is 0. The first-order chi connectivity index (χ1) is 11.4. The minimum atomic E-state index is 0.136. The number of benzene rings is 2. The molecule has 2 heteroatoms. The Labute approximate surface area is 144 Å². The third kappa shape index (κ3) is 3.65. The van der Waals surface area contributed by atoms with E-state index in [1.54, 1.807) is 0 Å². The molecular weight excluding hydrogens is 294 g/mol. The normalized spacial score (nSPS) is 15.2. The molecule has 2 aromatic rings. The summed E-state index contributed by atoms with van der Waals surface area (Å²) in [5.41, 5.74) is 4.48. The van der Waals surface area contributed by atoms with Crippen LogP contribution in [0.3, 0.4) is 0 Å². The molecule has 1 aliphatic rings. The molecule has 0 unspecified atom stereocenters. The van der Waals surface area contributed by atoms with Gasteiger partial charge in [-0.25, -0.2) is 0 Å². The summed E-state index contributed by atoms with van der Waals surface area (Å²) in [6.07, 6.45) is 2.00. The SMILES string of the molecule is C=C1CN=C(c2ccccc2)C=C(c2ccc(C(C)(C)C)cc2)O1. The lowest BCUT2D eigenvalue weighted by atomic mass is 9.86. The summed E-state index contributed by atoms with van der Waals surface area (Å²) < 4.78 is 5.93. The highest BCUT2D eigenvalue weighted by Crippen LogP contribution is 2.27. The van der Waals surface area contributed by atoms with Crippen LogP contribution < -0.4 is 0 Å². The molecular formula is C22H23NO. The highest BCUT2D eigenvalue weighted by Gasteiger charge is 2.16. The molecule has 0 aliphatic carbocycles. The highest BCUT2D eigenvalue weighted by atomic mass is 16.5. The van der Waals surface area contributed by atoms with E-state index in [2.05, 4.69) is 68.7 Å². The van der Waals surface area contributed by atoms with E-state index in [0.29, 0.717) is 12.3 Å². The topological polar surface area (TPSA) is 21.6 Å². The van der Waals surface area contributed by atoms with Crippen LogP contribution in [0.15, 0.2) is 78.0 Å². The Balaban J connectivity index is 1.98. The Morgan fingerprint density at radius 2 is 1.58 bits per heavy atom. The van der Waals surface area contributed by atoms with Gasteiger partial charge in [0.25, 0.3) is 0 Å². The number of nitrogens with zero attached hydrogens (tertiary/aromatic N) is 1. The zero-order valence-electron chi connectivity index (χ0n) is 14.5. The van der Waals surface area contributed by atoms with Crippen molar-refractivity contribution in [3.8, 4) is 0 Å². The molecule has 0 N–H and O–H groups in total. The Kier molecular flexibility index (Phi) is 4.39. The fourth-order valence-corrected chi connectivity index (χ4v) is 2.62. The Bertz CT molecular complexity index is 790. The molecule has 0 amide bonds. The van der Waals surface area contributed by atoms with Crippen LogP contribution >= 0.6 is 0 Å². The monoisotopic (exact) mass is 317 g/mol. The molecule has 0 spiro atoms. The predicted octanol–water partition coefficient (Wildman–Crippen LogP) is 5.36. The number of allylic oxidation sites excluding steroid dienone is 1. The van der Waals surface area contributed by atoms with Crippen LogP contribution in [0.2, 0.25) is 0 Å². The quantitative estimate of drug-likeness (QED) is 0.731. The first-order valence-electron chi connectivity index (χ1n) is 8.21. The summed E-state index contributed by atoms with van der Waals surface area (Å²) in [5.74, 6) is 1.45. The summed E-state index contributed by atoms with van der Waals surface area (Å²) in [4.78, 5) is 4.62. The zero-order valence-corrected chi connectivity index (χ0v) is 14.5. The number of hydrogen-bond acceptors (Lipinski definition) is 2. The molecule has 2 aromatic carbocycles. The second-order valence-corrected chi connectivity index (χ2v) is 7.04. The number of hydrogen-bond donors (Lipinski definition) is 0. The molecule has 0 saturated heterocycles. The van der Waals surface area contributed by atoms with Gasteiger partial charge >= 0.3 is 0 Å². The van der Waals surface area contributed by atoms with Gasteiger partial charge in [0.05, 0.1) is 12.3 Å². The molecule has 1 heterocycles. The van der Waals surface area contributed by atoms with Crippen molar-refractivity contribution in [2.75, 3.05) is 6.54 Å². The number of aliphatic imine (C=N–C) groups is 1. The number of ether oxygens (including phenoxy) is 1. The third-order valence-corrected chi connectivity index (χ3v) is 4.05. The predicted molar refractivity (Wildman–Crippen MR) is 101 cm³/mol. The summed E-state index contributed by atoms with van der Waals surface area (Å²) in [5, 5.41) is 0. The van der Waals surface area contributed by atoms with Crippen molar-refractivity contribution in [1.29, 1.82) is 0 Å². The van der Waals surface area contributed by atoms with Gasteiger partial charge in [-0.2, -0.15) is 0 Å². The van der Waals surface area contributed by atoms with Gasteiger partial charge in [0.2, 0.25) is 0 Å². The fraction of sp³-hybridized carbons (Fsp3) is 0.227. The van der Waals surface area contributed by atoms with Crippen LogP contribution in [0.4, 0.5) is 0 Å². The van der Waals surface area contributed by atoms with Crippen LogP contribution in [0.25, 0.3) is 5.76 Å². The molecule has 0 aromatic heterocycles. The molecule has 0 bridgehead atoms. The maximum atomic E-state index is 5.93. The second-order valence-electron chi connectivity index (χ2n) is 7.04. The van der Waals surface area contributed by atoms with Gasteiger partial charge in [0.15, 0.2) is 0 Å². The van der Waals surface area contributed by atoms with E-state index in [9.17, 15) is 0 Å². The minimum absolute atomic E-state index is 0.136. The lowest BCUT2D eigenvalue weighted by molar-refractivity contribution is 0.381. The lowest BCUT2D eigenvalue weighted by Crippen LogP contribution is -2.10. The maximum Gasteiger partial charge on any atom is 0.136 e. The summed E-state index contributed by atoms with van der Waals surface area (Å²) in [6, 6.07) is 18.7. The van der Waals surface area contributed by atoms with Crippen LogP contribution in [0, 0.1) is 0 Å². The molecule has 0 radical (unpaired) electrons. The number of rotatable bonds is 2. The summed E-state index contributed by atoms with van der Waals surface area (Å²) in [6.45, 7) is 11.1. The fourth-order valence-electron chi connectivity index (χ4n) is 2.62. The highest BCUT2D eigenvalue weighted by molar-refractivity contribution is 6.12.